The Balaban J connectivity index is 0.00000266. The van der Waals surface area contributed by atoms with Gasteiger partial charge < -0.3 is 14.5 Å². The molecule has 6 rings (SSSR count). The molecule has 0 saturated heterocycles. The van der Waals surface area contributed by atoms with Crippen LogP contribution in [0.2, 0.25) is 0 Å². The molecule has 9 nitrogen and oxygen atoms in total. The van der Waals surface area contributed by atoms with Gasteiger partial charge in [-0.2, -0.15) is 16.9 Å². The Morgan fingerprint density at radius 1 is 1.15 bits per heavy atom. The molecular formula is C42H52FN5O4S. The average molecular weight is 742 g/mol. The fraction of sp³-hybridized carbons (Fsp3) is 0.452. The Bertz CT molecular complexity index is 2040. The molecule has 5 aromatic rings. The summed E-state index contributed by atoms with van der Waals surface area (Å²) in [5, 5.41) is 5.90. The van der Waals surface area contributed by atoms with E-state index in [4.69, 9.17) is 19.6 Å². The Morgan fingerprint density at radius 3 is 2.70 bits per heavy atom. The van der Waals surface area contributed by atoms with E-state index in [2.05, 4.69) is 42.9 Å². The number of aromatic amines is 1. The lowest BCUT2D eigenvalue weighted by Crippen LogP contribution is -2.27. The lowest BCUT2D eigenvalue weighted by Gasteiger charge is -2.31. The topological polar surface area (TPSA) is 112 Å². The van der Waals surface area contributed by atoms with Crippen molar-refractivity contribution in [2.45, 2.75) is 85.2 Å². The number of hydrogen-bond acceptors (Lipinski definition) is 8. The second kappa shape index (κ2) is 17.1. The van der Waals surface area contributed by atoms with E-state index in [1.54, 1.807) is 23.0 Å². The Hall–Kier alpha value is -4.51. The van der Waals surface area contributed by atoms with Gasteiger partial charge in [0.2, 0.25) is 0 Å². The number of halogens is 1. The number of nitrogens with zero attached hydrogens (tertiary/aromatic N) is 4. The predicted molar refractivity (Wildman–Crippen MR) is 209 cm³/mol. The van der Waals surface area contributed by atoms with Crippen molar-refractivity contribution in [2.75, 3.05) is 18.6 Å². The van der Waals surface area contributed by atoms with E-state index in [0.717, 1.165) is 52.8 Å². The molecule has 4 heterocycles. The molecule has 1 aliphatic rings. The summed E-state index contributed by atoms with van der Waals surface area (Å²) in [7, 11) is 3.26. The van der Waals surface area contributed by atoms with Gasteiger partial charge in [0.05, 0.1) is 18.4 Å². The number of pyridine rings is 1. The molecule has 3 atom stereocenters. The SMILES string of the molecule is CC.COC(=O)[C@@H](C)Cc1cccc(C2(C)CCCC(C)(C)CSCCc3c(c(F)cc4[nH]ccc34)C(OC=O)c3ccnc(c3)-c3nc2nn3C)c1. The highest BCUT2D eigenvalue weighted by atomic mass is 32.2. The zero-order chi connectivity index (χ0) is 38.3. The van der Waals surface area contributed by atoms with Gasteiger partial charge >= 0.3 is 5.97 Å². The summed E-state index contributed by atoms with van der Waals surface area (Å²) in [5.41, 5.74) is 4.57. The zero-order valence-electron chi connectivity index (χ0n) is 32.2. The minimum Gasteiger partial charge on any atom is -0.469 e. The molecule has 0 spiro atoms. The van der Waals surface area contributed by atoms with Crippen LogP contribution in [0.1, 0.15) is 101 Å². The van der Waals surface area contributed by atoms with Crippen LogP contribution >= 0.6 is 11.8 Å². The highest BCUT2D eigenvalue weighted by Gasteiger charge is 2.36. The van der Waals surface area contributed by atoms with Crippen LogP contribution in [-0.4, -0.2) is 55.8 Å². The van der Waals surface area contributed by atoms with Crippen LogP contribution in [0.25, 0.3) is 22.4 Å². The number of fused-ring (bicyclic) bond motifs is 8. The normalized spacial score (nSPS) is 19.5. The maximum atomic E-state index is 16.1. The molecule has 1 aliphatic heterocycles. The second-order valence-electron chi connectivity index (χ2n) is 14.6. The first-order valence-corrected chi connectivity index (χ1v) is 19.6. The average Bonchev–Trinajstić information content (AvgIpc) is 3.79. The molecule has 11 heteroatoms. The summed E-state index contributed by atoms with van der Waals surface area (Å²) in [6.07, 6.45) is 6.35. The summed E-state index contributed by atoms with van der Waals surface area (Å²) in [6.45, 7) is 13.0. The number of H-pyrrole nitrogens is 1. The van der Waals surface area contributed by atoms with E-state index in [1.165, 1.54) is 13.2 Å². The van der Waals surface area contributed by atoms with Gasteiger partial charge in [0.1, 0.15) is 11.5 Å². The van der Waals surface area contributed by atoms with Gasteiger partial charge in [-0.3, -0.25) is 14.6 Å². The lowest BCUT2D eigenvalue weighted by molar-refractivity contribution is -0.144. The van der Waals surface area contributed by atoms with Crippen molar-refractivity contribution in [3.63, 3.8) is 0 Å². The number of rotatable bonds is 6. The van der Waals surface area contributed by atoms with Gasteiger partial charge in [0.15, 0.2) is 17.8 Å². The molecule has 3 aromatic heterocycles. The molecule has 4 bridgehead atoms. The number of aryl methyl sites for hydroxylation is 2. The summed E-state index contributed by atoms with van der Waals surface area (Å²) in [6, 6.07) is 15.3. The maximum Gasteiger partial charge on any atom is 0.308 e. The number of hydrogen-bond donors (Lipinski definition) is 1. The van der Waals surface area contributed by atoms with E-state index in [-0.39, 0.29) is 17.3 Å². The monoisotopic (exact) mass is 741 g/mol. The third kappa shape index (κ3) is 8.67. The van der Waals surface area contributed by atoms with Crippen molar-refractivity contribution in [2.24, 2.45) is 18.4 Å². The summed E-state index contributed by atoms with van der Waals surface area (Å²) >= 11 is 1.86. The van der Waals surface area contributed by atoms with Crippen LogP contribution in [0.15, 0.2) is 60.9 Å². The largest absolute Gasteiger partial charge is 0.469 e. The molecule has 53 heavy (non-hydrogen) atoms. The van der Waals surface area contributed by atoms with Gasteiger partial charge in [0, 0.05) is 41.5 Å². The quantitative estimate of drug-likeness (QED) is 0.136. The number of carbonyl (C=O) groups excluding carboxylic acids is 2. The van der Waals surface area contributed by atoms with Crippen LogP contribution in [0.5, 0.6) is 0 Å². The molecule has 2 aromatic carbocycles. The van der Waals surface area contributed by atoms with Gasteiger partial charge in [-0.15, -0.1) is 0 Å². The van der Waals surface area contributed by atoms with E-state index in [1.807, 2.05) is 64.0 Å². The van der Waals surface area contributed by atoms with Crippen molar-refractivity contribution in [3.8, 4) is 11.5 Å². The minimum absolute atomic E-state index is 0.0379. The van der Waals surface area contributed by atoms with E-state index in [9.17, 15) is 9.59 Å². The van der Waals surface area contributed by atoms with Crippen LogP contribution in [0.4, 0.5) is 4.39 Å². The zero-order valence-corrected chi connectivity index (χ0v) is 33.0. The number of benzene rings is 2. The number of nitrogens with one attached hydrogen (secondary N) is 1. The summed E-state index contributed by atoms with van der Waals surface area (Å²) in [5.74, 6) is 1.95. The van der Waals surface area contributed by atoms with E-state index >= 15 is 4.39 Å². The van der Waals surface area contributed by atoms with Crippen LogP contribution < -0.4 is 0 Å². The van der Waals surface area contributed by atoms with Crippen LogP contribution in [0, 0.1) is 17.2 Å². The highest BCUT2D eigenvalue weighted by Crippen LogP contribution is 2.41. The van der Waals surface area contributed by atoms with Crippen molar-refractivity contribution >= 4 is 35.1 Å². The molecule has 0 aliphatic carbocycles. The first-order chi connectivity index (χ1) is 25.4. The smallest absolute Gasteiger partial charge is 0.308 e. The number of ether oxygens (including phenoxy) is 2. The number of esters is 1. The third-order valence-electron chi connectivity index (χ3n) is 10.2. The van der Waals surface area contributed by atoms with Gasteiger partial charge in [-0.25, -0.2) is 14.1 Å². The molecule has 0 fully saturated rings. The van der Waals surface area contributed by atoms with E-state index < -0.39 is 17.3 Å². The Labute approximate surface area is 316 Å². The molecule has 282 valence electrons. The minimum atomic E-state index is -0.994. The summed E-state index contributed by atoms with van der Waals surface area (Å²) in [4.78, 5) is 37.2. The first-order valence-electron chi connectivity index (χ1n) is 18.4. The molecule has 0 radical (unpaired) electrons. The maximum absolute atomic E-state index is 16.1. The molecule has 0 saturated carbocycles. The second-order valence-corrected chi connectivity index (χ2v) is 15.7. The van der Waals surface area contributed by atoms with Gasteiger partial charge in [-0.1, -0.05) is 65.3 Å². The van der Waals surface area contributed by atoms with Gasteiger partial charge in [0.25, 0.3) is 6.47 Å². The fourth-order valence-electron chi connectivity index (χ4n) is 7.33. The van der Waals surface area contributed by atoms with E-state index in [0.29, 0.717) is 53.3 Å². The number of carbonyl (C=O) groups is 2. The lowest BCUT2D eigenvalue weighted by atomic mass is 9.75. The van der Waals surface area contributed by atoms with Crippen LogP contribution in [0.3, 0.4) is 0 Å². The van der Waals surface area contributed by atoms with Crippen molar-refractivity contribution in [1.29, 1.82) is 0 Å². The fourth-order valence-corrected chi connectivity index (χ4v) is 8.52. The molecule has 2 unspecified atom stereocenters. The standard InChI is InChI=1S/C40H46FN5O4S.C2H6/c1-25(37(48)49-6)19-26-9-7-10-28(20-26)40(4)15-8-14-39(2,3)23-51-18-13-30-29-12-17-42-32(29)22-31(41)34(30)35(50-24-47)27-11-16-43-33(21-27)36-44-38(40)45-46(36)5;1-2/h7,9-12,16-17,20-22,24-25,35,42H,8,13-15,18-19,23H2,1-6H3;1-2H3/t25-,35?,40?;/m0./s1. The van der Waals surface area contributed by atoms with Gasteiger partial charge in [-0.05, 0) is 90.5 Å². The van der Waals surface area contributed by atoms with Crippen molar-refractivity contribution in [3.05, 3.63) is 100 Å². The number of aromatic nitrogens is 5. The number of thioether (sulfide) groups is 1. The highest BCUT2D eigenvalue weighted by molar-refractivity contribution is 7.99. The molecule has 0 amide bonds. The Morgan fingerprint density at radius 2 is 1.94 bits per heavy atom. The molecule has 1 N–H and O–H groups in total. The van der Waals surface area contributed by atoms with Crippen LogP contribution in [-0.2, 0) is 44.4 Å². The summed E-state index contributed by atoms with van der Waals surface area (Å²) < 4.78 is 28.6. The van der Waals surface area contributed by atoms with Crippen molar-refractivity contribution in [1.82, 2.24) is 24.7 Å². The first kappa shape index (κ1) is 39.7. The van der Waals surface area contributed by atoms with Crippen molar-refractivity contribution < 1.29 is 23.5 Å². The number of methoxy groups -OCH3 is 1. The predicted octanol–water partition coefficient (Wildman–Crippen LogP) is 8.93. The molecular weight excluding hydrogens is 690 g/mol. The Kier molecular flexibility index (Phi) is 12.8. The third-order valence-corrected chi connectivity index (χ3v) is 11.7.